The average molecular weight is 377 g/mol. The third kappa shape index (κ3) is 4.54. The summed E-state index contributed by atoms with van der Waals surface area (Å²) in [5, 5.41) is 0. The Morgan fingerprint density at radius 2 is 1.85 bits per heavy atom. The SMILES string of the molecule is Fc1cccc(F)c1-c1nc(CN2CCCC(CN3CCOCC3)C2)co1. The molecule has 0 N–H and O–H groups in total. The number of benzene rings is 1. The molecule has 5 nitrogen and oxygen atoms in total. The van der Waals surface area contributed by atoms with Crippen LogP contribution in [-0.4, -0.2) is 60.7 Å². The number of aromatic nitrogens is 1. The number of piperidine rings is 1. The molecule has 0 bridgehead atoms. The molecule has 7 heteroatoms. The van der Waals surface area contributed by atoms with Gasteiger partial charge in [0.2, 0.25) is 5.89 Å². The molecule has 2 aliphatic heterocycles. The van der Waals surface area contributed by atoms with Crippen LogP contribution >= 0.6 is 0 Å². The number of ether oxygens (including phenoxy) is 1. The number of halogens is 2. The molecule has 2 fully saturated rings. The lowest BCUT2D eigenvalue weighted by Crippen LogP contribution is -2.44. The van der Waals surface area contributed by atoms with E-state index in [1.807, 2.05) is 0 Å². The van der Waals surface area contributed by atoms with Gasteiger partial charge in [0.1, 0.15) is 23.5 Å². The second-order valence-electron chi connectivity index (χ2n) is 7.40. The van der Waals surface area contributed by atoms with E-state index in [0.717, 1.165) is 52.4 Å². The number of nitrogens with zero attached hydrogens (tertiary/aromatic N) is 3. The van der Waals surface area contributed by atoms with Gasteiger partial charge in [0, 0.05) is 32.7 Å². The maximum absolute atomic E-state index is 13.9. The minimum Gasteiger partial charge on any atom is -0.444 e. The zero-order chi connectivity index (χ0) is 18.6. The Labute approximate surface area is 157 Å². The zero-order valence-electron chi connectivity index (χ0n) is 15.4. The number of likely N-dealkylation sites (tertiary alicyclic amines) is 1. The Morgan fingerprint density at radius 1 is 1.07 bits per heavy atom. The van der Waals surface area contributed by atoms with E-state index in [2.05, 4.69) is 14.8 Å². The van der Waals surface area contributed by atoms with Gasteiger partial charge in [-0.15, -0.1) is 0 Å². The monoisotopic (exact) mass is 377 g/mol. The summed E-state index contributed by atoms with van der Waals surface area (Å²) in [7, 11) is 0. The van der Waals surface area contributed by atoms with Crippen LogP contribution in [-0.2, 0) is 11.3 Å². The summed E-state index contributed by atoms with van der Waals surface area (Å²) in [5.41, 5.74) is 0.507. The molecule has 2 saturated heterocycles. The fourth-order valence-corrected chi connectivity index (χ4v) is 4.02. The normalized spacial score (nSPS) is 22.2. The van der Waals surface area contributed by atoms with E-state index in [1.54, 1.807) is 0 Å². The highest BCUT2D eigenvalue weighted by Gasteiger charge is 2.24. The molecule has 1 aromatic heterocycles. The topological polar surface area (TPSA) is 41.7 Å². The molecule has 146 valence electrons. The van der Waals surface area contributed by atoms with Crippen molar-refractivity contribution in [1.29, 1.82) is 0 Å². The van der Waals surface area contributed by atoms with E-state index in [9.17, 15) is 8.78 Å². The van der Waals surface area contributed by atoms with Crippen LogP contribution in [0, 0.1) is 17.6 Å². The second-order valence-corrected chi connectivity index (χ2v) is 7.40. The van der Waals surface area contributed by atoms with Gasteiger partial charge in [-0.2, -0.15) is 0 Å². The molecule has 3 heterocycles. The molecule has 1 unspecified atom stereocenters. The van der Waals surface area contributed by atoms with Crippen LogP contribution < -0.4 is 0 Å². The summed E-state index contributed by atoms with van der Waals surface area (Å²) >= 11 is 0. The first kappa shape index (κ1) is 18.5. The number of oxazole rings is 1. The van der Waals surface area contributed by atoms with Crippen molar-refractivity contribution in [2.24, 2.45) is 5.92 Å². The van der Waals surface area contributed by atoms with Gasteiger partial charge in [-0.1, -0.05) is 6.07 Å². The van der Waals surface area contributed by atoms with Crippen molar-refractivity contribution >= 4 is 0 Å². The van der Waals surface area contributed by atoms with Crippen LogP contribution in [0.25, 0.3) is 11.5 Å². The lowest BCUT2D eigenvalue weighted by Gasteiger charge is -2.36. The lowest BCUT2D eigenvalue weighted by atomic mass is 9.97. The second kappa shape index (κ2) is 8.46. The van der Waals surface area contributed by atoms with Crippen LogP contribution in [0.5, 0.6) is 0 Å². The van der Waals surface area contributed by atoms with E-state index in [-0.39, 0.29) is 11.5 Å². The maximum atomic E-state index is 13.9. The van der Waals surface area contributed by atoms with Gasteiger partial charge in [-0.05, 0) is 37.4 Å². The molecule has 1 atom stereocenters. The summed E-state index contributed by atoms with van der Waals surface area (Å²) < 4.78 is 38.6. The standard InChI is InChI=1S/C20H25F2N3O2/c21-17-4-1-5-18(22)19(17)20-23-16(14-27-20)13-25-6-2-3-15(12-25)11-24-7-9-26-10-8-24/h1,4-5,14-15H,2-3,6-13H2. The van der Waals surface area contributed by atoms with Crippen molar-refractivity contribution in [3.63, 3.8) is 0 Å². The Balaban J connectivity index is 1.37. The van der Waals surface area contributed by atoms with Crippen LogP contribution in [0.15, 0.2) is 28.9 Å². The zero-order valence-corrected chi connectivity index (χ0v) is 15.4. The molecule has 0 aliphatic carbocycles. The molecule has 1 aromatic carbocycles. The van der Waals surface area contributed by atoms with Crippen LogP contribution in [0.2, 0.25) is 0 Å². The first-order valence-electron chi connectivity index (χ1n) is 9.60. The van der Waals surface area contributed by atoms with Gasteiger partial charge in [0.05, 0.1) is 18.9 Å². The van der Waals surface area contributed by atoms with Crippen molar-refractivity contribution in [1.82, 2.24) is 14.8 Å². The minimum atomic E-state index is -0.660. The maximum Gasteiger partial charge on any atom is 0.232 e. The van der Waals surface area contributed by atoms with E-state index in [4.69, 9.17) is 9.15 Å². The predicted octanol–water partition coefficient (Wildman–Crippen LogP) is 3.16. The van der Waals surface area contributed by atoms with Crippen molar-refractivity contribution in [2.45, 2.75) is 19.4 Å². The van der Waals surface area contributed by atoms with E-state index < -0.39 is 11.6 Å². The number of rotatable bonds is 5. The van der Waals surface area contributed by atoms with E-state index in [0.29, 0.717) is 18.2 Å². The van der Waals surface area contributed by atoms with Crippen LogP contribution in [0.4, 0.5) is 8.78 Å². The highest BCUT2D eigenvalue weighted by Crippen LogP contribution is 2.26. The molecule has 0 amide bonds. The highest BCUT2D eigenvalue weighted by molar-refractivity contribution is 5.55. The summed E-state index contributed by atoms with van der Waals surface area (Å²) in [5.74, 6) is -0.686. The van der Waals surface area contributed by atoms with Crippen molar-refractivity contribution in [3.8, 4) is 11.5 Å². The van der Waals surface area contributed by atoms with Crippen molar-refractivity contribution in [2.75, 3.05) is 45.9 Å². The third-order valence-corrected chi connectivity index (χ3v) is 5.34. The molecular formula is C20H25F2N3O2. The van der Waals surface area contributed by atoms with Crippen molar-refractivity contribution in [3.05, 3.63) is 41.8 Å². The van der Waals surface area contributed by atoms with Gasteiger partial charge >= 0.3 is 0 Å². The molecule has 0 radical (unpaired) electrons. The first-order valence-corrected chi connectivity index (χ1v) is 9.60. The summed E-state index contributed by atoms with van der Waals surface area (Å²) in [4.78, 5) is 9.16. The van der Waals surface area contributed by atoms with E-state index in [1.165, 1.54) is 30.9 Å². The molecule has 2 aromatic rings. The van der Waals surface area contributed by atoms with Crippen molar-refractivity contribution < 1.29 is 17.9 Å². The quantitative estimate of drug-likeness (QED) is 0.801. The Kier molecular flexibility index (Phi) is 5.80. The molecule has 4 rings (SSSR count). The first-order chi connectivity index (χ1) is 13.2. The van der Waals surface area contributed by atoms with Crippen LogP contribution in [0.1, 0.15) is 18.5 Å². The van der Waals surface area contributed by atoms with E-state index >= 15 is 0 Å². The molecule has 2 aliphatic rings. The van der Waals surface area contributed by atoms with Crippen LogP contribution in [0.3, 0.4) is 0 Å². The fourth-order valence-electron chi connectivity index (χ4n) is 4.02. The van der Waals surface area contributed by atoms with Gasteiger partial charge in [-0.3, -0.25) is 9.80 Å². The predicted molar refractivity (Wildman–Crippen MR) is 97.1 cm³/mol. The molecule has 0 saturated carbocycles. The Bertz CT molecular complexity index is 741. The lowest BCUT2D eigenvalue weighted by molar-refractivity contribution is 0.0223. The molecule has 0 spiro atoms. The summed E-state index contributed by atoms with van der Waals surface area (Å²) in [6.07, 6.45) is 3.90. The Morgan fingerprint density at radius 3 is 2.63 bits per heavy atom. The Hall–Kier alpha value is -1.83. The fraction of sp³-hybridized carbons (Fsp3) is 0.550. The molecular weight excluding hydrogens is 352 g/mol. The average Bonchev–Trinajstić information content (AvgIpc) is 3.11. The smallest absolute Gasteiger partial charge is 0.232 e. The number of morpholine rings is 1. The third-order valence-electron chi connectivity index (χ3n) is 5.34. The summed E-state index contributed by atoms with van der Waals surface area (Å²) in [6, 6.07) is 3.76. The number of hydrogen-bond acceptors (Lipinski definition) is 5. The highest BCUT2D eigenvalue weighted by atomic mass is 19.1. The molecule has 27 heavy (non-hydrogen) atoms. The minimum absolute atomic E-state index is 0.00229. The number of hydrogen-bond donors (Lipinski definition) is 0. The largest absolute Gasteiger partial charge is 0.444 e. The van der Waals surface area contributed by atoms with Gasteiger partial charge < -0.3 is 9.15 Å². The van der Waals surface area contributed by atoms with Gasteiger partial charge in [-0.25, -0.2) is 13.8 Å². The summed E-state index contributed by atoms with van der Waals surface area (Å²) in [6.45, 7) is 7.43. The van der Waals surface area contributed by atoms with Gasteiger partial charge in [0.25, 0.3) is 0 Å². The van der Waals surface area contributed by atoms with Gasteiger partial charge in [0.15, 0.2) is 0 Å².